The van der Waals surface area contributed by atoms with Gasteiger partial charge in [0.05, 0.1) is 7.11 Å². The highest BCUT2D eigenvalue weighted by atomic mass is 16.5. The Bertz CT molecular complexity index is 1420. The number of carboxylic acids is 2. The summed E-state index contributed by atoms with van der Waals surface area (Å²) in [5.41, 5.74) is 0.535. The number of hydrogen-bond donors (Lipinski definition) is 2. The number of piperazine rings is 1. The number of carbonyl (C=O) groups is 2. The van der Waals surface area contributed by atoms with Gasteiger partial charge in [-0.2, -0.15) is 5.10 Å². The van der Waals surface area contributed by atoms with Crippen LogP contribution < -0.4 is 20.9 Å². The molecule has 2 aromatic carbocycles. The molecule has 0 unspecified atom stereocenters. The predicted molar refractivity (Wildman–Crippen MR) is 147 cm³/mol. The number of benzene rings is 2. The van der Waals surface area contributed by atoms with E-state index in [9.17, 15) is 19.2 Å². The molecule has 2 N–H and O–H groups in total. The number of rotatable bonds is 9. The number of carboxylic acid groups (broad SMARTS) is 2. The third kappa shape index (κ3) is 8.27. The van der Waals surface area contributed by atoms with E-state index in [1.165, 1.54) is 34.4 Å². The van der Waals surface area contributed by atoms with E-state index in [0.29, 0.717) is 18.7 Å². The van der Waals surface area contributed by atoms with Crippen LogP contribution in [-0.4, -0.2) is 81.2 Å². The van der Waals surface area contributed by atoms with E-state index in [1.807, 2.05) is 6.07 Å². The van der Waals surface area contributed by atoms with E-state index in [2.05, 4.69) is 45.2 Å². The summed E-state index contributed by atoms with van der Waals surface area (Å²) in [6.45, 7) is 5.52. The van der Waals surface area contributed by atoms with Crippen molar-refractivity contribution >= 4 is 28.4 Å². The molecule has 0 amide bonds. The lowest BCUT2D eigenvalue weighted by Gasteiger charge is -2.36. The van der Waals surface area contributed by atoms with Crippen LogP contribution in [0.15, 0.2) is 64.3 Å². The van der Waals surface area contributed by atoms with Crippen molar-refractivity contribution in [1.82, 2.24) is 19.2 Å². The number of aliphatic carboxylic acids is 2. The number of ether oxygens (including phenoxy) is 1. The Morgan fingerprint density at radius 2 is 1.64 bits per heavy atom. The van der Waals surface area contributed by atoms with Crippen LogP contribution in [0.4, 0.5) is 5.69 Å². The lowest BCUT2D eigenvalue weighted by atomic mass is 10.1. The van der Waals surface area contributed by atoms with E-state index in [-0.39, 0.29) is 11.2 Å². The standard InChI is InChI=1S/C23H29N5O3.C4H4O4/c1-25-22(29)17-24-28(23(25)30)11-4-3-10-26-12-14-27(15-13-26)21-7-5-6-18-8-9-19(31-2)16-20(18)21;5-3(6)1-2-4(7)8/h5-9,16-17H,3-4,10-15H2,1-2H3;1-2H,(H,5,6)(H,7,8)/b;2-1-. The maximum Gasteiger partial charge on any atom is 0.347 e. The predicted octanol–water partition coefficient (Wildman–Crippen LogP) is 1.42. The molecular weight excluding hydrogens is 506 g/mol. The minimum absolute atomic E-state index is 0.354. The molecule has 0 spiro atoms. The van der Waals surface area contributed by atoms with Crippen molar-refractivity contribution < 1.29 is 24.5 Å². The molecule has 2 heterocycles. The smallest absolute Gasteiger partial charge is 0.347 e. The van der Waals surface area contributed by atoms with Gasteiger partial charge in [0.1, 0.15) is 11.9 Å². The first kappa shape index (κ1) is 29.1. The van der Waals surface area contributed by atoms with Crippen molar-refractivity contribution in [2.24, 2.45) is 7.05 Å². The van der Waals surface area contributed by atoms with E-state index in [4.69, 9.17) is 14.9 Å². The molecule has 208 valence electrons. The lowest BCUT2D eigenvalue weighted by Crippen LogP contribution is -2.46. The number of fused-ring (bicyclic) bond motifs is 1. The Hall–Kier alpha value is -4.45. The number of unbranched alkanes of at least 4 members (excludes halogenated alkanes) is 1. The number of methoxy groups -OCH3 is 1. The molecule has 0 saturated carbocycles. The maximum atomic E-state index is 12.0. The molecule has 39 heavy (non-hydrogen) atoms. The first-order chi connectivity index (χ1) is 18.7. The van der Waals surface area contributed by atoms with Crippen LogP contribution in [-0.2, 0) is 23.2 Å². The minimum Gasteiger partial charge on any atom is -0.497 e. The molecule has 1 aliphatic rings. The first-order valence-corrected chi connectivity index (χ1v) is 12.5. The molecule has 1 aliphatic heterocycles. The average molecular weight is 540 g/mol. The molecule has 12 nitrogen and oxygen atoms in total. The van der Waals surface area contributed by atoms with Gasteiger partial charge in [0.15, 0.2) is 0 Å². The zero-order chi connectivity index (χ0) is 28.4. The van der Waals surface area contributed by atoms with E-state index >= 15 is 0 Å². The number of anilines is 1. The Morgan fingerprint density at radius 3 is 2.28 bits per heavy atom. The van der Waals surface area contributed by atoms with Crippen LogP contribution in [0.3, 0.4) is 0 Å². The second-order valence-electron chi connectivity index (χ2n) is 8.96. The Morgan fingerprint density at radius 1 is 0.974 bits per heavy atom. The molecule has 0 atom stereocenters. The number of aromatic nitrogens is 3. The second kappa shape index (κ2) is 13.9. The van der Waals surface area contributed by atoms with Crippen LogP contribution in [0.5, 0.6) is 5.75 Å². The van der Waals surface area contributed by atoms with Crippen molar-refractivity contribution in [3.8, 4) is 5.75 Å². The SMILES string of the molecule is COc1ccc2cccc(N3CCN(CCCCn4ncc(=O)n(C)c4=O)CC3)c2c1.O=C(O)/C=C\C(=O)O. The second-order valence-corrected chi connectivity index (χ2v) is 8.96. The fourth-order valence-electron chi connectivity index (χ4n) is 4.27. The Kier molecular flexibility index (Phi) is 10.4. The molecule has 0 aliphatic carbocycles. The fourth-order valence-corrected chi connectivity index (χ4v) is 4.27. The van der Waals surface area contributed by atoms with Gasteiger partial charge in [-0.25, -0.2) is 19.1 Å². The summed E-state index contributed by atoms with van der Waals surface area (Å²) in [5, 5.41) is 22.0. The summed E-state index contributed by atoms with van der Waals surface area (Å²) in [5.74, 6) is -1.63. The van der Waals surface area contributed by atoms with Crippen molar-refractivity contribution in [1.29, 1.82) is 0 Å². The zero-order valence-electron chi connectivity index (χ0n) is 22.0. The summed E-state index contributed by atoms with van der Waals surface area (Å²) in [6, 6.07) is 12.7. The first-order valence-electron chi connectivity index (χ1n) is 12.5. The highest BCUT2D eigenvalue weighted by Gasteiger charge is 2.18. The van der Waals surface area contributed by atoms with Crippen molar-refractivity contribution in [3.05, 3.63) is 75.6 Å². The number of aryl methyl sites for hydroxylation is 1. The summed E-state index contributed by atoms with van der Waals surface area (Å²) >= 11 is 0. The molecule has 1 fully saturated rings. The van der Waals surface area contributed by atoms with Gasteiger partial charge in [-0.05, 0) is 43.0 Å². The van der Waals surface area contributed by atoms with Crippen LogP contribution in [0.25, 0.3) is 10.8 Å². The Balaban J connectivity index is 0.000000459. The van der Waals surface area contributed by atoms with Crippen LogP contribution in [0.2, 0.25) is 0 Å². The van der Waals surface area contributed by atoms with Crippen LogP contribution in [0, 0.1) is 0 Å². The van der Waals surface area contributed by atoms with Crippen LogP contribution >= 0.6 is 0 Å². The van der Waals surface area contributed by atoms with Gasteiger partial charge >= 0.3 is 17.6 Å². The highest BCUT2D eigenvalue weighted by molar-refractivity contribution is 5.95. The quantitative estimate of drug-likeness (QED) is 0.302. The average Bonchev–Trinajstić information content (AvgIpc) is 2.94. The van der Waals surface area contributed by atoms with Crippen molar-refractivity contribution in [2.75, 3.05) is 44.7 Å². The van der Waals surface area contributed by atoms with Crippen molar-refractivity contribution in [3.63, 3.8) is 0 Å². The lowest BCUT2D eigenvalue weighted by molar-refractivity contribution is -0.134. The van der Waals surface area contributed by atoms with Gasteiger partial charge in [-0.1, -0.05) is 18.2 Å². The zero-order valence-corrected chi connectivity index (χ0v) is 22.0. The molecule has 4 rings (SSSR count). The molecular formula is C27H33N5O7. The summed E-state index contributed by atoms with van der Waals surface area (Å²) in [6.07, 6.45) is 4.16. The van der Waals surface area contributed by atoms with Crippen LogP contribution in [0.1, 0.15) is 12.8 Å². The third-order valence-corrected chi connectivity index (χ3v) is 6.39. The van der Waals surface area contributed by atoms with E-state index < -0.39 is 11.9 Å². The van der Waals surface area contributed by atoms with Gasteiger partial charge in [0.2, 0.25) is 0 Å². The molecule has 1 saturated heterocycles. The molecule has 0 bridgehead atoms. The normalized spacial score (nSPS) is 13.7. The molecule has 0 radical (unpaired) electrons. The highest BCUT2D eigenvalue weighted by Crippen LogP contribution is 2.30. The molecule has 1 aromatic heterocycles. The van der Waals surface area contributed by atoms with Gasteiger partial charge in [0.25, 0.3) is 5.56 Å². The van der Waals surface area contributed by atoms with Gasteiger partial charge < -0.3 is 19.8 Å². The summed E-state index contributed by atoms with van der Waals surface area (Å²) in [7, 11) is 3.18. The van der Waals surface area contributed by atoms with Gasteiger partial charge in [-0.15, -0.1) is 0 Å². The summed E-state index contributed by atoms with van der Waals surface area (Å²) in [4.78, 5) is 47.5. The topological polar surface area (TPSA) is 147 Å². The third-order valence-electron chi connectivity index (χ3n) is 6.39. The summed E-state index contributed by atoms with van der Waals surface area (Å²) < 4.78 is 7.88. The van der Waals surface area contributed by atoms with Crippen molar-refractivity contribution in [2.45, 2.75) is 19.4 Å². The number of hydrogen-bond acceptors (Lipinski definition) is 8. The minimum atomic E-state index is -1.26. The van der Waals surface area contributed by atoms with Gasteiger partial charge in [0, 0.05) is 63.0 Å². The molecule has 12 heteroatoms. The largest absolute Gasteiger partial charge is 0.497 e. The van der Waals surface area contributed by atoms with E-state index in [0.717, 1.165) is 55.9 Å². The van der Waals surface area contributed by atoms with E-state index in [1.54, 1.807) is 7.11 Å². The maximum absolute atomic E-state index is 12.0. The Labute approximate surface area is 225 Å². The molecule has 3 aromatic rings. The number of nitrogens with zero attached hydrogens (tertiary/aromatic N) is 5. The fraction of sp³-hybridized carbons (Fsp3) is 0.370. The van der Waals surface area contributed by atoms with Gasteiger partial charge in [-0.3, -0.25) is 14.3 Å². The monoisotopic (exact) mass is 539 g/mol.